The second-order valence-electron chi connectivity index (χ2n) is 4.54. The Morgan fingerprint density at radius 1 is 1.08 bits per heavy atom. The van der Waals surface area contributed by atoms with Crippen molar-refractivity contribution in [1.29, 1.82) is 0 Å². The van der Waals surface area contributed by atoms with Crippen LogP contribution in [0.3, 0.4) is 0 Å². The Morgan fingerprint density at radius 3 is 1.72 bits per heavy atom. The number of aromatic nitrogens is 2. The molecule has 1 aromatic heterocycles. The van der Waals surface area contributed by atoms with Crippen LogP contribution < -0.4 is 4.57 Å². The normalized spacial score (nSPS) is 14.6. The Labute approximate surface area is 138 Å². The number of aliphatic hydroxyl groups excluding tert-OH is 1. The largest absolute Gasteiger partial charge is 0.480 e. The first-order valence-electron chi connectivity index (χ1n) is 5.95. The smallest absolute Gasteiger partial charge is 0.421 e. The highest BCUT2D eigenvalue weighted by Gasteiger charge is 2.46. The fourth-order valence-corrected chi connectivity index (χ4v) is 2.84. The van der Waals surface area contributed by atoms with Crippen molar-refractivity contribution in [3.63, 3.8) is 0 Å². The summed E-state index contributed by atoms with van der Waals surface area (Å²) in [5.74, 6) is 0. The first-order chi connectivity index (χ1) is 10.9. The summed E-state index contributed by atoms with van der Waals surface area (Å²) in [4.78, 5) is 0. The van der Waals surface area contributed by atoms with E-state index in [1.165, 1.54) is 0 Å². The van der Waals surface area contributed by atoms with Gasteiger partial charge in [-0.3, -0.25) is 0 Å². The fourth-order valence-electron chi connectivity index (χ4n) is 1.13. The van der Waals surface area contributed by atoms with E-state index in [0.29, 0.717) is 6.54 Å². The molecule has 8 nitrogen and oxygen atoms in total. The molecule has 0 aliphatic heterocycles. The first-order valence-corrected chi connectivity index (χ1v) is 8.83. The van der Waals surface area contributed by atoms with Crippen LogP contribution in [-0.2, 0) is 33.6 Å². The minimum atomic E-state index is -6.72. The van der Waals surface area contributed by atoms with Gasteiger partial charge in [-0.15, -0.1) is 0 Å². The average molecular weight is 421 g/mol. The van der Waals surface area contributed by atoms with Gasteiger partial charge >= 0.3 is 11.0 Å². The van der Waals surface area contributed by atoms with Crippen molar-refractivity contribution < 1.29 is 52.9 Å². The molecule has 148 valence electrons. The summed E-state index contributed by atoms with van der Waals surface area (Å²) < 4.78 is 113. The lowest BCUT2D eigenvalue weighted by molar-refractivity contribution is -0.671. The molecule has 1 heterocycles. The summed E-state index contributed by atoms with van der Waals surface area (Å²) in [5.41, 5.74) is -12.4. The highest BCUT2D eigenvalue weighted by molar-refractivity contribution is 8.13. The van der Waals surface area contributed by atoms with E-state index in [1.807, 2.05) is 34.9 Å². The topological polar surface area (TPSA) is 111 Å². The van der Waals surface area contributed by atoms with E-state index in [-0.39, 0.29) is 6.10 Å². The number of hydrogen-bond acceptors (Lipinski definition) is 5. The number of aliphatic hydroxyl groups is 1. The zero-order chi connectivity index (χ0) is 20.3. The van der Waals surface area contributed by atoms with Crippen molar-refractivity contribution in [1.82, 2.24) is 4.57 Å². The molecular formula is C9H13F6N3O5S2. The van der Waals surface area contributed by atoms with Gasteiger partial charge in [0.2, 0.25) is 6.33 Å². The Morgan fingerprint density at radius 2 is 1.48 bits per heavy atom. The van der Waals surface area contributed by atoms with E-state index in [2.05, 4.69) is 0 Å². The molecule has 1 N–H and O–H groups in total. The number of imidazole rings is 1. The van der Waals surface area contributed by atoms with Gasteiger partial charge in [0.05, 0.1) is 13.2 Å². The van der Waals surface area contributed by atoms with Gasteiger partial charge in [-0.25, -0.2) is 26.0 Å². The van der Waals surface area contributed by atoms with Crippen LogP contribution in [0.5, 0.6) is 0 Å². The van der Waals surface area contributed by atoms with Crippen LogP contribution in [0.4, 0.5) is 26.3 Å². The van der Waals surface area contributed by atoms with E-state index in [1.54, 1.807) is 6.92 Å². The third-order valence-electron chi connectivity index (χ3n) is 2.08. The number of halogens is 6. The van der Waals surface area contributed by atoms with Crippen molar-refractivity contribution in [3.05, 3.63) is 22.8 Å². The van der Waals surface area contributed by atoms with Crippen LogP contribution in [0.25, 0.3) is 4.13 Å². The fraction of sp³-hybridized carbons (Fsp3) is 0.667. The van der Waals surface area contributed by atoms with Gasteiger partial charge in [-0.2, -0.15) is 26.3 Å². The predicted octanol–water partition coefficient (Wildman–Crippen LogP) is 0.753. The van der Waals surface area contributed by atoms with Crippen molar-refractivity contribution >= 4 is 20.0 Å². The third kappa shape index (κ3) is 7.57. The summed E-state index contributed by atoms with van der Waals surface area (Å²) in [6.45, 7) is 2.45. The quantitative estimate of drug-likeness (QED) is 0.570. The molecule has 0 spiro atoms. The van der Waals surface area contributed by atoms with Crippen LogP contribution in [0, 0.1) is 0 Å². The summed E-state index contributed by atoms with van der Waals surface area (Å²) in [6, 6.07) is 0. The number of hydrogen-bond donors (Lipinski definition) is 1. The van der Waals surface area contributed by atoms with Gasteiger partial charge in [-0.05, 0) is 6.92 Å². The number of alkyl halides is 6. The maximum Gasteiger partial charge on any atom is 0.480 e. The maximum absolute atomic E-state index is 11.4. The zero-order valence-electron chi connectivity index (χ0n) is 12.5. The van der Waals surface area contributed by atoms with Gasteiger partial charge in [0.1, 0.15) is 18.9 Å². The van der Waals surface area contributed by atoms with Crippen LogP contribution in [0.2, 0.25) is 0 Å². The average Bonchev–Trinajstić information content (AvgIpc) is 2.70. The minimum Gasteiger partial charge on any atom is -0.421 e. The lowest BCUT2D eigenvalue weighted by Crippen LogP contribution is -2.30. The van der Waals surface area contributed by atoms with Gasteiger partial charge in [0.25, 0.3) is 0 Å². The molecular weight excluding hydrogens is 408 g/mol. The number of nitrogens with zero attached hydrogens (tertiary/aromatic N) is 3. The standard InChI is InChI=1S/C7H13N2O.C2F6NO4S2/c1-7(10)5-9-4-3-8(2)6-9;3-1(4,5)14(10,11)9-15(12,13)2(6,7)8/h3-4,6-7,10H,5H2,1-2H3;/q+1;-1. The lowest BCUT2D eigenvalue weighted by atomic mass is 10.4. The molecule has 16 heteroatoms. The van der Waals surface area contributed by atoms with E-state index >= 15 is 0 Å². The Bertz CT molecular complexity index is 724. The van der Waals surface area contributed by atoms with Gasteiger partial charge in [0, 0.05) is 0 Å². The summed E-state index contributed by atoms with van der Waals surface area (Å²) in [5, 5.41) is 8.98. The third-order valence-corrected chi connectivity index (χ3v) is 4.82. The van der Waals surface area contributed by atoms with E-state index < -0.39 is 31.1 Å². The van der Waals surface area contributed by atoms with Crippen molar-refractivity contribution in [2.45, 2.75) is 30.6 Å². The van der Waals surface area contributed by atoms with Crippen molar-refractivity contribution in [3.8, 4) is 0 Å². The SMILES string of the molecule is CC(O)Cn1cc[n+](C)c1.O=S(=O)([N-]S(=O)(=O)C(F)(F)F)C(F)(F)F. The molecule has 0 fully saturated rings. The highest BCUT2D eigenvalue weighted by atomic mass is 32.3. The van der Waals surface area contributed by atoms with Crippen LogP contribution in [0.15, 0.2) is 18.7 Å². The first kappa shape index (κ1) is 23.6. The molecule has 0 aliphatic rings. The second-order valence-corrected chi connectivity index (χ2v) is 7.96. The molecule has 25 heavy (non-hydrogen) atoms. The van der Waals surface area contributed by atoms with Crippen molar-refractivity contribution in [2.75, 3.05) is 0 Å². The molecule has 0 radical (unpaired) electrons. The molecule has 1 unspecified atom stereocenters. The molecule has 0 saturated carbocycles. The molecule has 0 saturated heterocycles. The Hall–Kier alpha value is -1.39. The molecule has 1 rings (SSSR count). The van der Waals surface area contributed by atoms with Crippen molar-refractivity contribution in [2.24, 2.45) is 7.05 Å². The highest BCUT2D eigenvalue weighted by Crippen LogP contribution is 2.36. The van der Waals surface area contributed by atoms with E-state index in [9.17, 15) is 43.2 Å². The molecule has 0 bridgehead atoms. The van der Waals surface area contributed by atoms with Gasteiger partial charge < -0.3 is 9.23 Å². The number of aryl methyl sites for hydroxylation is 1. The zero-order valence-corrected chi connectivity index (χ0v) is 14.2. The minimum absolute atomic E-state index is 0.271. The van der Waals surface area contributed by atoms with E-state index in [4.69, 9.17) is 5.11 Å². The predicted molar refractivity (Wildman–Crippen MR) is 70.6 cm³/mol. The molecule has 0 aromatic carbocycles. The number of rotatable bonds is 4. The second kappa shape index (κ2) is 7.88. The number of sulfonamides is 2. The summed E-state index contributed by atoms with van der Waals surface area (Å²) in [7, 11) is -11.5. The Kier molecular flexibility index (Phi) is 7.44. The molecule has 0 amide bonds. The Balaban J connectivity index is 0.000000496. The summed E-state index contributed by atoms with van der Waals surface area (Å²) in [6.07, 6.45) is 5.55. The van der Waals surface area contributed by atoms with Gasteiger partial charge in [-0.1, -0.05) is 0 Å². The van der Waals surface area contributed by atoms with Crippen LogP contribution in [0.1, 0.15) is 6.92 Å². The molecule has 0 aliphatic carbocycles. The maximum atomic E-state index is 11.4. The van der Waals surface area contributed by atoms with Gasteiger partial charge in [0.15, 0.2) is 20.0 Å². The summed E-state index contributed by atoms with van der Waals surface area (Å²) >= 11 is 0. The monoisotopic (exact) mass is 421 g/mol. The molecule has 1 atom stereocenters. The molecule has 1 aromatic rings. The van der Waals surface area contributed by atoms with Crippen LogP contribution in [-0.4, -0.2) is 43.6 Å². The lowest BCUT2D eigenvalue weighted by Gasteiger charge is -2.22. The van der Waals surface area contributed by atoms with Crippen LogP contribution >= 0.6 is 0 Å². The van der Waals surface area contributed by atoms with E-state index in [0.717, 1.165) is 4.13 Å².